The van der Waals surface area contributed by atoms with Crippen molar-refractivity contribution < 1.29 is 23.6 Å². The van der Waals surface area contributed by atoms with Crippen LogP contribution in [0, 0.1) is 5.82 Å². The Morgan fingerprint density at radius 2 is 2.15 bits per heavy atom. The first-order valence-corrected chi connectivity index (χ1v) is 5.53. The van der Waals surface area contributed by atoms with Gasteiger partial charge in [0.15, 0.2) is 0 Å². The number of aromatic nitrogens is 1. The first-order chi connectivity index (χ1) is 9.56. The number of carbonyl (C=O) groups excluding carboxylic acids is 1. The summed E-state index contributed by atoms with van der Waals surface area (Å²) in [6, 6.07) is 4.13. The highest BCUT2D eigenvalue weighted by Crippen LogP contribution is 2.15. The summed E-state index contributed by atoms with van der Waals surface area (Å²) in [5.41, 5.74) is 0.200. The number of aromatic carboxylic acids is 1. The molecule has 1 aromatic carbocycles. The summed E-state index contributed by atoms with van der Waals surface area (Å²) in [5, 5.41) is 17.0. The smallest absolute Gasteiger partial charge is 0.335 e. The van der Waals surface area contributed by atoms with Crippen LogP contribution in [0.1, 0.15) is 16.1 Å². The molecule has 0 radical (unpaired) electrons. The van der Waals surface area contributed by atoms with Gasteiger partial charge in [-0.3, -0.25) is 0 Å². The monoisotopic (exact) mass is 279 g/mol. The van der Waals surface area contributed by atoms with E-state index in [9.17, 15) is 14.0 Å². The van der Waals surface area contributed by atoms with Crippen molar-refractivity contribution in [2.75, 3.05) is 5.32 Å². The number of carboxylic acids is 1. The van der Waals surface area contributed by atoms with Crippen LogP contribution in [0.4, 0.5) is 14.9 Å². The van der Waals surface area contributed by atoms with Crippen molar-refractivity contribution in [1.82, 2.24) is 10.5 Å². The topological polar surface area (TPSA) is 104 Å². The molecule has 0 aliphatic heterocycles. The fourth-order valence-corrected chi connectivity index (χ4v) is 1.42. The lowest BCUT2D eigenvalue weighted by atomic mass is 10.2. The van der Waals surface area contributed by atoms with E-state index in [2.05, 4.69) is 20.3 Å². The van der Waals surface area contributed by atoms with Crippen LogP contribution in [0.15, 0.2) is 35.1 Å². The molecule has 104 valence electrons. The van der Waals surface area contributed by atoms with Gasteiger partial charge in [-0.05, 0) is 18.2 Å². The van der Waals surface area contributed by atoms with Crippen molar-refractivity contribution >= 4 is 17.7 Å². The molecule has 0 spiro atoms. The van der Waals surface area contributed by atoms with E-state index in [4.69, 9.17) is 5.11 Å². The molecule has 20 heavy (non-hydrogen) atoms. The van der Waals surface area contributed by atoms with E-state index >= 15 is 0 Å². The van der Waals surface area contributed by atoms with E-state index in [1.54, 1.807) is 6.07 Å². The lowest BCUT2D eigenvalue weighted by molar-refractivity contribution is 0.0696. The highest BCUT2D eigenvalue weighted by molar-refractivity contribution is 5.91. The fraction of sp³-hybridized carbons (Fsp3) is 0.0833. The van der Waals surface area contributed by atoms with Gasteiger partial charge in [-0.15, -0.1) is 0 Å². The molecule has 7 nitrogen and oxygen atoms in total. The predicted molar refractivity (Wildman–Crippen MR) is 65.7 cm³/mol. The molecule has 0 atom stereocenters. The van der Waals surface area contributed by atoms with Gasteiger partial charge in [-0.1, -0.05) is 5.16 Å². The Hall–Kier alpha value is -2.90. The standard InChI is InChI=1S/C12H10FN3O4/c13-9-5-7(11(17)18)1-2-10(9)15-12(19)14-6-8-3-4-20-16-8/h1-5H,6H2,(H,17,18)(H2,14,15,19). The molecule has 8 heteroatoms. The summed E-state index contributed by atoms with van der Waals surface area (Å²) in [7, 11) is 0. The van der Waals surface area contributed by atoms with Crippen molar-refractivity contribution in [3.8, 4) is 0 Å². The molecule has 0 saturated heterocycles. The highest BCUT2D eigenvalue weighted by Gasteiger charge is 2.10. The molecule has 0 bridgehead atoms. The van der Waals surface area contributed by atoms with Crippen molar-refractivity contribution in [2.24, 2.45) is 0 Å². The second kappa shape index (κ2) is 5.83. The average molecular weight is 279 g/mol. The van der Waals surface area contributed by atoms with E-state index in [1.165, 1.54) is 18.4 Å². The maximum Gasteiger partial charge on any atom is 0.335 e. The van der Waals surface area contributed by atoms with Crippen LogP contribution in [0.25, 0.3) is 0 Å². The Morgan fingerprint density at radius 3 is 2.75 bits per heavy atom. The number of anilines is 1. The fourth-order valence-electron chi connectivity index (χ4n) is 1.42. The minimum atomic E-state index is -1.24. The molecule has 0 aliphatic rings. The van der Waals surface area contributed by atoms with Crippen molar-refractivity contribution in [3.63, 3.8) is 0 Å². The molecule has 2 amide bonds. The number of hydrogen-bond acceptors (Lipinski definition) is 4. The summed E-state index contributed by atoms with van der Waals surface area (Å²) >= 11 is 0. The minimum Gasteiger partial charge on any atom is -0.478 e. The molecule has 0 unspecified atom stereocenters. The molecular weight excluding hydrogens is 269 g/mol. The third-order valence-electron chi connectivity index (χ3n) is 2.39. The van der Waals surface area contributed by atoms with E-state index in [-0.39, 0.29) is 17.8 Å². The van der Waals surface area contributed by atoms with Gasteiger partial charge in [0.25, 0.3) is 0 Å². The Labute approximate surface area is 112 Å². The number of rotatable bonds is 4. The number of hydrogen-bond donors (Lipinski definition) is 3. The summed E-state index contributed by atoms with van der Waals surface area (Å²) in [4.78, 5) is 22.2. The SMILES string of the molecule is O=C(NCc1ccon1)Nc1ccc(C(=O)O)cc1F. The summed E-state index contributed by atoms with van der Waals surface area (Å²) < 4.78 is 18.1. The molecule has 0 fully saturated rings. The average Bonchev–Trinajstić information content (AvgIpc) is 2.91. The second-order valence-electron chi connectivity index (χ2n) is 3.80. The van der Waals surface area contributed by atoms with Crippen molar-refractivity contribution in [1.29, 1.82) is 0 Å². The van der Waals surface area contributed by atoms with Gasteiger partial charge < -0.3 is 20.3 Å². The Balaban J connectivity index is 1.95. The van der Waals surface area contributed by atoms with Crippen LogP contribution in [0.5, 0.6) is 0 Å². The summed E-state index contributed by atoms with van der Waals surface area (Å²) in [5.74, 6) is -2.08. The van der Waals surface area contributed by atoms with Gasteiger partial charge in [0, 0.05) is 6.07 Å². The summed E-state index contributed by atoms with van der Waals surface area (Å²) in [6.45, 7) is 0.122. The van der Waals surface area contributed by atoms with Gasteiger partial charge in [0.05, 0.1) is 17.8 Å². The normalized spacial score (nSPS) is 10.1. The number of halogens is 1. The molecule has 1 aromatic heterocycles. The van der Waals surface area contributed by atoms with Crippen LogP contribution in [0.3, 0.4) is 0 Å². The van der Waals surface area contributed by atoms with Gasteiger partial charge in [-0.2, -0.15) is 0 Å². The van der Waals surface area contributed by atoms with Crippen LogP contribution in [-0.4, -0.2) is 22.3 Å². The number of carboxylic acid groups (broad SMARTS) is 1. The van der Waals surface area contributed by atoms with Gasteiger partial charge in [-0.25, -0.2) is 14.0 Å². The van der Waals surface area contributed by atoms with Crippen molar-refractivity contribution in [2.45, 2.75) is 6.54 Å². The number of urea groups is 1. The Kier molecular flexibility index (Phi) is 3.94. The first kappa shape index (κ1) is 13.5. The van der Waals surface area contributed by atoms with Gasteiger partial charge in [0.1, 0.15) is 17.8 Å². The number of carbonyl (C=O) groups is 2. The lowest BCUT2D eigenvalue weighted by Crippen LogP contribution is -2.28. The Morgan fingerprint density at radius 1 is 1.35 bits per heavy atom. The largest absolute Gasteiger partial charge is 0.478 e. The molecule has 2 rings (SSSR count). The highest BCUT2D eigenvalue weighted by atomic mass is 19.1. The third kappa shape index (κ3) is 3.31. The maximum atomic E-state index is 13.6. The number of nitrogens with one attached hydrogen (secondary N) is 2. The first-order valence-electron chi connectivity index (χ1n) is 5.53. The van der Waals surface area contributed by atoms with E-state index in [0.29, 0.717) is 5.69 Å². The van der Waals surface area contributed by atoms with Gasteiger partial charge in [0.2, 0.25) is 0 Å². The maximum absolute atomic E-state index is 13.6. The molecule has 3 N–H and O–H groups in total. The number of benzene rings is 1. The van der Waals surface area contributed by atoms with Gasteiger partial charge >= 0.3 is 12.0 Å². The molecule has 0 saturated carbocycles. The zero-order valence-electron chi connectivity index (χ0n) is 10.1. The van der Waals surface area contributed by atoms with Crippen molar-refractivity contribution in [3.05, 3.63) is 47.6 Å². The van der Waals surface area contributed by atoms with E-state index < -0.39 is 17.8 Å². The quantitative estimate of drug-likeness (QED) is 0.792. The van der Waals surface area contributed by atoms with E-state index in [1.807, 2.05) is 0 Å². The van der Waals surface area contributed by atoms with E-state index in [0.717, 1.165) is 6.07 Å². The zero-order chi connectivity index (χ0) is 14.5. The predicted octanol–water partition coefficient (Wildman–Crippen LogP) is 1.83. The lowest BCUT2D eigenvalue weighted by Gasteiger charge is -2.07. The minimum absolute atomic E-state index is 0.118. The molecule has 1 heterocycles. The van der Waals surface area contributed by atoms with Crippen LogP contribution in [0.2, 0.25) is 0 Å². The summed E-state index contributed by atoms with van der Waals surface area (Å²) in [6.07, 6.45) is 1.36. The number of nitrogens with zero attached hydrogens (tertiary/aromatic N) is 1. The van der Waals surface area contributed by atoms with Crippen LogP contribution < -0.4 is 10.6 Å². The molecule has 0 aliphatic carbocycles. The van der Waals surface area contributed by atoms with Crippen LogP contribution in [-0.2, 0) is 6.54 Å². The third-order valence-corrected chi connectivity index (χ3v) is 2.39. The molecule has 2 aromatic rings. The van der Waals surface area contributed by atoms with Crippen LogP contribution >= 0.6 is 0 Å². The second-order valence-corrected chi connectivity index (χ2v) is 3.80. The number of amides is 2. The molecular formula is C12H10FN3O4. The Bertz CT molecular complexity index is 628. The zero-order valence-corrected chi connectivity index (χ0v) is 10.1.